The molecule has 2 amide bonds. The maximum Gasteiger partial charge on any atom is 0.276 e. The average Bonchev–Trinajstić information content (AvgIpc) is 2.63. The number of ether oxygens (including phenoxy) is 1. The summed E-state index contributed by atoms with van der Waals surface area (Å²) in [5, 5.41) is 2.74. The molecule has 8 heteroatoms. The molecule has 2 aromatic carbocycles. The van der Waals surface area contributed by atoms with Crippen LogP contribution in [0.5, 0.6) is 5.75 Å². The van der Waals surface area contributed by atoms with Gasteiger partial charge in [0.2, 0.25) is 5.91 Å². The molecule has 0 spiro atoms. The van der Waals surface area contributed by atoms with Crippen LogP contribution in [0.15, 0.2) is 63.7 Å². The van der Waals surface area contributed by atoms with Crippen molar-refractivity contribution in [3.05, 3.63) is 69.2 Å². The number of benzene rings is 2. The lowest BCUT2D eigenvalue weighted by Crippen LogP contribution is -2.40. The average molecular weight is 497 g/mol. The molecular weight excluding hydrogens is 478 g/mol. The number of hydrazine groups is 1. The van der Waals surface area contributed by atoms with Gasteiger partial charge in [-0.3, -0.25) is 15.0 Å². The number of rotatable bonds is 8. The van der Waals surface area contributed by atoms with Gasteiger partial charge in [0.1, 0.15) is 5.75 Å². The zero-order valence-corrected chi connectivity index (χ0v) is 17.8. The Morgan fingerprint density at radius 2 is 1.74 bits per heavy atom. The zero-order valence-electron chi connectivity index (χ0n) is 14.6. The molecule has 0 fully saturated rings. The summed E-state index contributed by atoms with van der Waals surface area (Å²) in [4.78, 5) is 23.8. The first-order valence-corrected chi connectivity index (χ1v) is 9.59. The van der Waals surface area contributed by atoms with Crippen LogP contribution in [0.25, 0.3) is 0 Å². The molecule has 2 rings (SSSR count). The van der Waals surface area contributed by atoms with Gasteiger partial charge in [-0.2, -0.15) is 0 Å². The number of hydrogen-bond acceptors (Lipinski definition) is 4. The molecule has 27 heavy (non-hydrogen) atoms. The van der Waals surface area contributed by atoms with Crippen LogP contribution in [0.2, 0.25) is 0 Å². The van der Waals surface area contributed by atoms with Gasteiger partial charge >= 0.3 is 0 Å². The molecule has 142 valence electrons. The number of amides is 2. The molecule has 0 saturated carbocycles. The number of carbonyl (C=O) groups is 2. The van der Waals surface area contributed by atoms with Crippen molar-refractivity contribution in [1.29, 1.82) is 0 Å². The van der Waals surface area contributed by atoms with E-state index in [1.807, 2.05) is 31.2 Å². The second kappa shape index (κ2) is 10.1. The Labute approximate surface area is 174 Å². The number of anilines is 1. The first kappa shape index (κ1) is 21.0. The third kappa shape index (κ3) is 7.44. The van der Waals surface area contributed by atoms with Crippen LogP contribution in [0, 0.1) is 6.92 Å². The van der Waals surface area contributed by atoms with Gasteiger partial charge in [-0.15, -0.1) is 0 Å². The van der Waals surface area contributed by atoms with Crippen molar-refractivity contribution >= 4 is 49.4 Å². The summed E-state index contributed by atoms with van der Waals surface area (Å²) in [7, 11) is 0. The minimum atomic E-state index is -0.384. The number of carbonyl (C=O) groups excluding carboxylic acids is 2. The van der Waals surface area contributed by atoms with E-state index in [1.54, 1.807) is 18.2 Å². The molecule has 0 aliphatic carbocycles. The van der Waals surface area contributed by atoms with Gasteiger partial charge < -0.3 is 15.5 Å². The van der Waals surface area contributed by atoms with Gasteiger partial charge in [-0.25, -0.2) is 0 Å². The fraction of sp³-hybridized carbons (Fsp3) is 0.158. The summed E-state index contributed by atoms with van der Waals surface area (Å²) < 4.78 is 7.32. The first-order chi connectivity index (χ1) is 12.8. The zero-order chi connectivity index (χ0) is 19.8. The van der Waals surface area contributed by atoms with E-state index in [2.05, 4.69) is 54.6 Å². The molecule has 0 unspecified atom stereocenters. The summed E-state index contributed by atoms with van der Waals surface area (Å²) >= 11 is 6.74. The Bertz CT molecular complexity index is 839. The van der Waals surface area contributed by atoms with Crippen molar-refractivity contribution in [1.82, 2.24) is 10.9 Å². The van der Waals surface area contributed by atoms with Crippen LogP contribution in [-0.4, -0.2) is 18.4 Å². The monoisotopic (exact) mass is 495 g/mol. The second-order valence-corrected chi connectivity index (χ2v) is 7.48. The molecule has 0 aliphatic heterocycles. The van der Waals surface area contributed by atoms with Crippen LogP contribution in [0.3, 0.4) is 0 Å². The van der Waals surface area contributed by atoms with Gasteiger partial charge in [0, 0.05) is 20.3 Å². The molecule has 0 atom stereocenters. The highest BCUT2D eigenvalue weighted by molar-refractivity contribution is 9.10. The number of nitrogens with one attached hydrogen (secondary N) is 3. The van der Waals surface area contributed by atoms with Gasteiger partial charge in [-0.1, -0.05) is 38.4 Å². The Hall–Kier alpha value is -2.32. The second-order valence-electron chi connectivity index (χ2n) is 5.71. The van der Waals surface area contributed by atoms with Gasteiger partial charge in [0.25, 0.3) is 5.91 Å². The minimum Gasteiger partial charge on any atom is -0.484 e. The molecule has 0 radical (unpaired) electrons. The molecule has 0 bridgehead atoms. The Morgan fingerprint density at radius 3 is 2.41 bits per heavy atom. The highest BCUT2D eigenvalue weighted by Crippen LogP contribution is 2.21. The summed E-state index contributed by atoms with van der Waals surface area (Å²) in [6.45, 7) is 5.49. The molecule has 6 nitrogen and oxygen atoms in total. The number of hydrogen-bond donors (Lipinski definition) is 3. The Balaban J connectivity index is 1.69. The lowest BCUT2D eigenvalue weighted by Gasteiger charge is -2.12. The van der Waals surface area contributed by atoms with E-state index >= 15 is 0 Å². The van der Waals surface area contributed by atoms with Crippen molar-refractivity contribution in [2.75, 3.05) is 11.9 Å². The van der Waals surface area contributed by atoms with Crippen molar-refractivity contribution in [3.8, 4) is 5.75 Å². The number of aryl methyl sites for hydroxylation is 1. The predicted molar refractivity (Wildman–Crippen MR) is 112 cm³/mol. The van der Waals surface area contributed by atoms with Crippen molar-refractivity contribution in [2.24, 2.45) is 0 Å². The SMILES string of the molecule is C=C(CC(=O)Nc1ccc(Br)cc1)NNC(=O)COc1ccc(Br)c(C)c1. The lowest BCUT2D eigenvalue weighted by molar-refractivity contribution is -0.124. The van der Waals surface area contributed by atoms with E-state index in [0.717, 1.165) is 14.5 Å². The van der Waals surface area contributed by atoms with E-state index < -0.39 is 0 Å². The summed E-state index contributed by atoms with van der Waals surface area (Å²) in [5.41, 5.74) is 7.11. The van der Waals surface area contributed by atoms with Crippen LogP contribution >= 0.6 is 31.9 Å². The van der Waals surface area contributed by atoms with E-state index in [4.69, 9.17) is 4.74 Å². The van der Waals surface area contributed by atoms with Crippen LogP contribution in [-0.2, 0) is 9.59 Å². The van der Waals surface area contributed by atoms with Crippen LogP contribution in [0.4, 0.5) is 5.69 Å². The fourth-order valence-electron chi connectivity index (χ4n) is 2.03. The molecule has 0 aliphatic rings. The standard InChI is InChI=1S/C19H19Br2N3O3/c1-12-9-16(7-8-17(12)21)27-11-19(26)24-23-13(2)10-18(25)22-15-5-3-14(20)4-6-15/h3-9,23H,2,10-11H2,1H3,(H,22,25)(H,24,26). The molecule has 0 saturated heterocycles. The Morgan fingerprint density at radius 1 is 1.04 bits per heavy atom. The van der Waals surface area contributed by atoms with Gasteiger partial charge in [0.05, 0.1) is 6.42 Å². The van der Waals surface area contributed by atoms with E-state index in [1.165, 1.54) is 0 Å². The highest BCUT2D eigenvalue weighted by atomic mass is 79.9. The summed E-state index contributed by atoms with van der Waals surface area (Å²) in [6, 6.07) is 12.7. The summed E-state index contributed by atoms with van der Waals surface area (Å²) in [6.07, 6.45) is 0.0170. The van der Waals surface area contributed by atoms with Crippen LogP contribution < -0.4 is 20.9 Å². The third-order valence-corrected chi connectivity index (χ3v) is 4.80. The van der Waals surface area contributed by atoms with Crippen LogP contribution in [0.1, 0.15) is 12.0 Å². The molecule has 0 heterocycles. The Kier molecular flexibility index (Phi) is 7.87. The first-order valence-electron chi connectivity index (χ1n) is 8.00. The largest absolute Gasteiger partial charge is 0.484 e. The predicted octanol–water partition coefficient (Wildman–Crippen LogP) is 4.06. The normalized spacial score (nSPS) is 10.0. The van der Waals surface area contributed by atoms with Crippen molar-refractivity contribution < 1.29 is 14.3 Å². The van der Waals surface area contributed by atoms with E-state index in [9.17, 15) is 9.59 Å². The minimum absolute atomic E-state index is 0.0170. The molecule has 3 N–H and O–H groups in total. The lowest BCUT2D eigenvalue weighted by atomic mass is 10.2. The smallest absolute Gasteiger partial charge is 0.276 e. The number of halogens is 2. The maximum absolute atomic E-state index is 12.0. The van der Waals surface area contributed by atoms with Crippen molar-refractivity contribution in [2.45, 2.75) is 13.3 Å². The highest BCUT2D eigenvalue weighted by Gasteiger charge is 2.07. The molecule has 2 aromatic rings. The van der Waals surface area contributed by atoms with Gasteiger partial charge in [-0.05, 0) is 55.0 Å². The van der Waals surface area contributed by atoms with E-state index in [-0.39, 0.29) is 24.8 Å². The van der Waals surface area contributed by atoms with Gasteiger partial charge in [0.15, 0.2) is 6.61 Å². The maximum atomic E-state index is 12.0. The van der Waals surface area contributed by atoms with Crippen molar-refractivity contribution in [3.63, 3.8) is 0 Å². The molecule has 0 aromatic heterocycles. The molecular formula is C19H19Br2N3O3. The topological polar surface area (TPSA) is 79.5 Å². The van der Waals surface area contributed by atoms with E-state index in [0.29, 0.717) is 17.1 Å². The summed E-state index contributed by atoms with van der Waals surface area (Å²) in [5.74, 6) is -0.0331. The third-order valence-electron chi connectivity index (χ3n) is 3.38. The quantitative estimate of drug-likeness (QED) is 0.481. The fourth-order valence-corrected chi connectivity index (χ4v) is 2.54.